The minimum absolute atomic E-state index is 0.255. The fraction of sp³-hybridized carbons (Fsp3) is 0.250. The van der Waals surface area contributed by atoms with E-state index in [4.69, 9.17) is 0 Å². The topological polar surface area (TPSA) is 17.1 Å². The largest absolute Gasteiger partial charge is 0.289 e. The molecule has 0 saturated carbocycles. The van der Waals surface area contributed by atoms with E-state index < -0.39 is 17.4 Å². The fourth-order valence-corrected chi connectivity index (χ4v) is 3.08. The summed E-state index contributed by atoms with van der Waals surface area (Å²) in [5.41, 5.74) is 0.590. The zero-order valence-corrected chi connectivity index (χ0v) is 14.4. The number of carbonyl (C=O) groups is 1. The zero-order valence-electron chi connectivity index (χ0n) is 13.6. The van der Waals surface area contributed by atoms with Gasteiger partial charge in [-0.25, -0.2) is 8.78 Å². The van der Waals surface area contributed by atoms with Gasteiger partial charge in [0.15, 0.2) is 5.78 Å². The van der Waals surface area contributed by atoms with Crippen molar-refractivity contribution in [3.8, 4) is 0 Å². The van der Waals surface area contributed by atoms with Crippen molar-refractivity contribution < 1.29 is 13.6 Å². The monoisotopic (exact) mass is 346 g/mol. The van der Waals surface area contributed by atoms with Crippen LogP contribution in [0.4, 0.5) is 8.78 Å². The first-order valence-electron chi connectivity index (χ1n) is 8.00. The molecule has 0 radical (unpaired) electrons. The van der Waals surface area contributed by atoms with Crippen LogP contribution in [0.3, 0.4) is 0 Å². The summed E-state index contributed by atoms with van der Waals surface area (Å²) in [5.74, 6) is -0.798. The molecule has 0 aliphatic rings. The molecule has 0 atom stereocenters. The summed E-state index contributed by atoms with van der Waals surface area (Å²) in [7, 11) is 0. The molecule has 24 heavy (non-hydrogen) atoms. The molecule has 0 fully saturated rings. The van der Waals surface area contributed by atoms with E-state index in [2.05, 4.69) is 6.92 Å². The van der Waals surface area contributed by atoms with Gasteiger partial charge in [0.2, 0.25) is 0 Å². The SMILES string of the molecule is CCCCCSc1ccc(/C=C/C(=O)c2cc(F)ccc2F)cc1. The Morgan fingerprint density at radius 3 is 2.54 bits per heavy atom. The standard InChI is InChI=1S/C20H20F2OS/c1-2-3-4-13-24-17-9-5-15(6-10-17)7-12-20(23)18-14-16(21)8-11-19(18)22/h5-12,14H,2-4,13H2,1H3/b12-7+. The smallest absolute Gasteiger partial charge is 0.188 e. The van der Waals surface area contributed by atoms with Crippen molar-refractivity contribution in [2.45, 2.75) is 31.1 Å². The van der Waals surface area contributed by atoms with Gasteiger partial charge in [0, 0.05) is 4.90 Å². The minimum Gasteiger partial charge on any atom is -0.289 e. The fourth-order valence-electron chi connectivity index (χ4n) is 2.17. The summed E-state index contributed by atoms with van der Waals surface area (Å²) < 4.78 is 26.7. The second kappa shape index (κ2) is 9.38. The molecule has 0 aromatic heterocycles. The Labute approximate surface area is 145 Å². The summed E-state index contributed by atoms with van der Waals surface area (Å²) >= 11 is 1.81. The number of unbranched alkanes of at least 4 members (excludes halogenated alkanes) is 2. The molecular formula is C20H20F2OS. The Kier molecular flexibility index (Phi) is 7.19. The second-order valence-corrected chi connectivity index (χ2v) is 6.61. The molecule has 2 aromatic carbocycles. The van der Waals surface area contributed by atoms with Gasteiger partial charge in [-0.1, -0.05) is 38.0 Å². The van der Waals surface area contributed by atoms with Crippen LogP contribution in [-0.4, -0.2) is 11.5 Å². The molecular weight excluding hydrogens is 326 g/mol. The van der Waals surface area contributed by atoms with E-state index in [1.807, 2.05) is 36.0 Å². The van der Waals surface area contributed by atoms with Gasteiger partial charge in [-0.2, -0.15) is 0 Å². The molecule has 126 valence electrons. The maximum Gasteiger partial charge on any atom is 0.188 e. The van der Waals surface area contributed by atoms with Gasteiger partial charge < -0.3 is 0 Å². The maximum absolute atomic E-state index is 13.5. The number of hydrogen-bond acceptors (Lipinski definition) is 2. The number of halogens is 2. The number of thioether (sulfide) groups is 1. The van der Waals surface area contributed by atoms with E-state index in [0.29, 0.717) is 0 Å². The molecule has 4 heteroatoms. The summed E-state index contributed by atoms with van der Waals surface area (Å²) in [6.45, 7) is 2.18. The highest BCUT2D eigenvalue weighted by atomic mass is 32.2. The predicted octanol–water partition coefficient (Wildman–Crippen LogP) is 6.14. The first-order chi connectivity index (χ1) is 11.6. The van der Waals surface area contributed by atoms with Gasteiger partial charge in [-0.15, -0.1) is 11.8 Å². The van der Waals surface area contributed by atoms with E-state index in [1.54, 1.807) is 6.08 Å². The molecule has 2 rings (SSSR count). The van der Waals surface area contributed by atoms with Crippen LogP contribution in [0.25, 0.3) is 6.08 Å². The number of benzene rings is 2. The Bertz CT molecular complexity index is 708. The van der Waals surface area contributed by atoms with Gasteiger partial charge in [0.05, 0.1) is 5.56 Å². The quantitative estimate of drug-likeness (QED) is 0.247. The third kappa shape index (κ3) is 5.60. The van der Waals surface area contributed by atoms with Gasteiger partial charge >= 0.3 is 0 Å². The highest BCUT2D eigenvalue weighted by Gasteiger charge is 2.09. The minimum atomic E-state index is -0.718. The first kappa shape index (κ1) is 18.4. The molecule has 0 aliphatic carbocycles. The third-order valence-corrected chi connectivity index (χ3v) is 4.62. The average Bonchev–Trinajstić information content (AvgIpc) is 2.60. The average molecular weight is 346 g/mol. The van der Waals surface area contributed by atoms with Gasteiger partial charge in [0.25, 0.3) is 0 Å². The molecule has 0 heterocycles. The van der Waals surface area contributed by atoms with E-state index in [9.17, 15) is 13.6 Å². The van der Waals surface area contributed by atoms with E-state index in [-0.39, 0.29) is 5.56 Å². The zero-order chi connectivity index (χ0) is 17.4. The Hall–Kier alpha value is -1.94. The van der Waals surface area contributed by atoms with Gasteiger partial charge in [0.1, 0.15) is 11.6 Å². The highest BCUT2D eigenvalue weighted by Crippen LogP contribution is 2.20. The molecule has 0 bridgehead atoms. The lowest BCUT2D eigenvalue weighted by Gasteiger charge is -2.02. The lowest BCUT2D eigenvalue weighted by molar-refractivity contribution is 0.104. The molecule has 1 nitrogen and oxygen atoms in total. The van der Waals surface area contributed by atoms with Crippen molar-refractivity contribution >= 4 is 23.6 Å². The summed E-state index contributed by atoms with van der Waals surface area (Å²) in [6.07, 6.45) is 6.53. The number of ketones is 1. The van der Waals surface area contributed by atoms with E-state index in [1.165, 1.54) is 30.2 Å². The van der Waals surface area contributed by atoms with Crippen molar-refractivity contribution in [3.05, 3.63) is 71.3 Å². The summed E-state index contributed by atoms with van der Waals surface area (Å²) in [5, 5.41) is 0. The Morgan fingerprint density at radius 2 is 1.83 bits per heavy atom. The lowest BCUT2D eigenvalue weighted by atomic mass is 10.1. The van der Waals surface area contributed by atoms with E-state index >= 15 is 0 Å². The first-order valence-corrected chi connectivity index (χ1v) is 8.99. The van der Waals surface area contributed by atoms with Crippen LogP contribution in [0, 0.1) is 11.6 Å². The van der Waals surface area contributed by atoms with Crippen LogP contribution in [-0.2, 0) is 0 Å². The molecule has 0 aliphatic heterocycles. The second-order valence-electron chi connectivity index (χ2n) is 5.45. The number of allylic oxidation sites excluding steroid dienone is 1. The third-order valence-electron chi connectivity index (χ3n) is 3.52. The number of rotatable bonds is 8. The van der Waals surface area contributed by atoms with Crippen molar-refractivity contribution in [2.24, 2.45) is 0 Å². The van der Waals surface area contributed by atoms with Crippen LogP contribution in [0.1, 0.15) is 42.1 Å². The molecule has 0 spiro atoms. The summed E-state index contributed by atoms with van der Waals surface area (Å²) in [4.78, 5) is 13.1. The lowest BCUT2D eigenvalue weighted by Crippen LogP contribution is -1.99. The van der Waals surface area contributed by atoms with Crippen LogP contribution < -0.4 is 0 Å². The molecule has 0 amide bonds. The van der Waals surface area contributed by atoms with Gasteiger partial charge in [-0.3, -0.25) is 4.79 Å². The molecule has 2 aromatic rings. The van der Waals surface area contributed by atoms with Crippen LogP contribution >= 0.6 is 11.8 Å². The molecule has 0 unspecified atom stereocenters. The normalized spacial score (nSPS) is 11.1. The number of hydrogen-bond donors (Lipinski definition) is 0. The van der Waals surface area contributed by atoms with E-state index in [0.717, 1.165) is 29.5 Å². The maximum atomic E-state index is 13.5. The van der Waals surface area contributed by atoms with Crippen molar-refractivity contribution in [3.63, 3.8) is 0 Å². The summed E-state index contributed by atoms with van der Waals surface area (Å²) in [6, 6.07) is 10.7. The van der Waals surface area contributed by atoms with Crippen molar-refractivity contribution in [1.29, 1.82) is 0 Å². The van der Waals surface area contributed by atoms with Crippen LogP contribution in [0.2, 0.25) is 0 Å². The predicted molar refractivity (Wildman–Crippen MR) is 96.4 cm³/mol. The highest BCUT2D eigenvalue weighted by molar-refractivity contribution is 7.99. The molecule has 0 N–H and O–H groups in total. The Morgan fingerprint density at radius 1 is 1.08 bits per heavy atom. The van der Waals surface area contributed by atoms with Gasteiger partial charge in [-0.05, 0) is 54.1 Å². The number of carbonyl (C=O) groups excluding carboxylic acids is 1. The molecule has 0 saturated heterocycles. The van der Waals surface area contributed by atoms with Crippen LogP contribution in [0.15, 0.2) is 53.4 Å². The van der Waals surface area contributed by atoms with Crippen molar-refractivity contribution in [2.75, 3.05) is 5.75 Å². The van der Waals surface area contributed by atoms with Crippen molar-refractivity contribution in [1.82, 2.24) is 0 Å². The van der Waals surface area contributed by atoms with Crippen LogP contribution in [0.5, 0.6) is 0 Å². The Balaban J connectivity index is 1.96.